The van der Waals surface area contributed by atoms with Gasteiger partial charge in [0.2, 0.25) is 0 Å². The number of halogens is 2. The summed E-state index contributed by atoms with van der Waals surface area (Å²) >= 11 is 0. The summed E-state index contributed by atoms with van der Waals surface area (Å²) in [5.74, 6) is -2.25. The molecule has 2 aliphatic rings. The minimum Gasteiger partial charge on any atom is -0.364 e. The van der Waals surface area contributed by atoms with Crippen molar-refractivity contribution in [2.24, 2.45) is 0 Å². The van der Waals surface area contributed by atoms with Crippen molar-refractivity contribution in [3.63, 3.8) is 0 Å². The van der Waals surface area contributed by atoms with E-state index >= 15 is 0 Å². The smallest absolute Gasteiger partial charge is 0.282 e. The van der Waals surface area contributed by atoms with Crippen LogP contribution in [-0.2, 0) is 9.59 Å². The standard InChI is InChI=1S/C21H19F2N3O2/c1-24-10-12-25(13-11-24)19-18(14-6-8-15(22)9-7-14)20(27)26(21(19)28)17-5-3-2-4-16(17)23/h2-9H,10-13H2,1H3. The second kappa shape index (κ2) is 7.16. The SMILES string of the molecule is CN1CCN(C2=C(c3ccc(F)cc3)C(=O)N(c3ccccc3F)C2=O)CC1. The maximum atomic E-state index is 14.4. The Hall–Kier alpha value is -3.06. The maximum Gasteiger partial charge on any atom is 0.282 e. The number of carbonyl (C=O) groups excluding carboxylic acids is 2. The molecule has 144 valence electrons. The van der Waals surface area contributed by atoms with E-state index in [1.165, 1.54) is 42.5 Å². The average Bonchev–Trinajstić information content (AvgIpc) is 2.94. The molecule has 28 heavy (non-hydrogen) atoms. The van der Waals surface area contributed by atoms with Crippen molar-refractivity contribution in [1.82, 2.24) is 9.80 Å². The van der Waals surface area contributed by atoms with Crippen LogP contribution >= 0.6 is 0 Å². The Morgan fingerprint density at radius 2 is 1.46 bits per heavy atom. The molecule has 0 radical (unpaired) electrons. The number of anilines is 1. The van der Waals surface area contributed by atoms with Gasteiger partial charge in [0.25, 0.3) is 11.8 Å². The average molecular weight is 383 g/mol. The molecule has 0 bridgehead atoms. The van der Waals surface area contributed by atoms with Gasteiger partial charge in [-0.1, -0.05) is 24.3 Å². The monoisotopic (exact) mass is 383 g/mol. The zero-order chi connectivity index (χ0) is 19.8. The molecule has 0 spiro atoms. The van der Waals surface area contributed by atoms with Gasteiger partial charge < -0.3 is 9.80 Å². The molecule has 2 amide bonds. The highest BCUT2D eigenvalue weighted by atomic mass is 19.1. The number of likely N-dealkylation sites (N-methyl/N-ethyl adjacent to an activating group) is 1. The lowest BCUT2D eigenvalue weighted by Crippen LogP contribution is -2.46. The maximum absolute atomic E-state index is 14.4. The Bertz CT molecular complexity index is 964. The lowest BCUT2D eigenvalue weighted by atomic mass is 10.0. The molecule has 7 heteroatoms. The normalized spacial score (nSPS) is 18.4. The van der Waals surface area contributed by atoms with Crippen LogP contribution in [0.4, 0.5) is 14.5 Å². The first-order chi connectivity index (χ1) is 13.5. The fourth-order valence-corrected chi connectivity index (χ4v) is 3.57. The van der Waals surface area contributed by atoms with Crippen molar-refractivity contribution in [1.29, 1.82) is 0 Å². The summed E-state index contributed by atoms with van der Waals surface area (Å²) in [6, 6.07) is 11.1. The third-order valence-electron chi connectivity index (χ3n) is 5.11. The number of imide groups is 1. The van der Waals surface area contributed by atoms with E-state index in [1.807, 2.05) is 11.9 Å². The molecule has 0 aromatic heterocycles. The van der Waals surface area contributed by atoms with Gasteiger partial charge in [-0.2, -0.15) is 0 Å². The van der Waals surface area contributed by atoms with Crippen LogP contribution in [0.3, 0.4) is 0 Å². The first-order valence-corrected chi connectivity index (χ1v) is 9.04. The summed E-state index contributed by atoms with van der Waals surface area (Å²) in [5, 5.41) is 0. The molecule has 0 saturated carbocycles. The van der Waals surface area contributed by atoms with Crippen LogP contribution in [0.25, 0.3) is 5.57 Å². The van der Waals surface area contributed by atoms with Gasteiger partial charge in [0.1, 0.15) is 17.3 Å². The number of rotatable bonds is 3. The van der Waals surface area contributed by atoms with E-state index in [-0.39, 0.29) is 17.0 Å². The minimum atomic E-state index is -0.651. The van der Waals surface area contributed by atoms with Gasteiger partial charge >= 0.3 is 0 Å². The summed E-state index contributed by atoms with van der Waals surface area (Å²) in [4.78, 5) is 31.3. The molecule has 0 aliphatic carbocycles. The van der Waals surface area contributed by atoms with Crippen molar-refractivity contribution in [2.75, 3.05) is 38.1 Å². The zero-order valence-corrected chi connectivity index (χ0v) is 15.4. The van der Waals surface area contributed by atoms with Crippen molar-refractivity contribution < 1.29 is 18.4 Å². The molecule has 1 saturated heterocycles. The molecule has 0 unspecified atom stereocenters. The molecule has 0 N–H and O–H groups in total. The zero-order valence-electron chi connectivity index (χ0n) is 15.4. The Labute approximate surface area is 161 Å². The Morgan fingerprint density at radius 1 is 0.821 bits per heavy atom. The van der Waals surface area contributed by atoms with Crippen molar-refractivity contribution in [3.05, 3.63) is 71.4 Å². The van der Waals surface area contributed by atoms with E-state index in [9.17, 15) is 18.4 Å². The van der Waals surface area contributed by atoms with Crippen LogP contribution < -0.4 is 4.90 Å². The second-order valence-corrected chi connectivity index (χ2v) is 6.92. The summed E-state index contributed by atoms with van der Waals surface area (Å²) in [7, 11) is 1.99. The van der Waals surface area contributed by atoms with Crippen LogP contribution in [0.5, 0.6) is 0 Å². The van der Waals surface area contributed by atoms with E-state index in [4.69, 9.17) is 0 Å². The van der Waals surface area contributed by atoms with Crippen LogP contribution in [0.15, 0.2) is 54.2 Å². The molecular weight excluding hydrogens is 364 g/mol. The van der Waals surface area contributed by atoms with Gasteiger partial charge in [0.15, 0.2) is 0 Å². The predicted molar refractivity (Wildman–Crippen MR) is 101 cm³/mol. The molecule has 2 aliphatic heterocycles. The molecule has 2 aromatic carbocycles. The number of amides is 2. The fraction of sp³-hybridized carbons (Fsp3) is 0.238. The number of benzene rings is 2. The van der Waals surface area contributed by atoms with Gasteiger partial charge in [0, 0.05) is 26.2 Å². The molecule has 2 aromatic rings. The summed E-state index contributed by atoms with van der Waals surface area (Å²) in [6.07, 6.45) is 0. The second-order valence-electron chi connectivity index (χ2n) is 6.92. The highest BCUT2D eigenvalue weighted by molar-refractivity contribution is 6.45. The number of para-hydroxylation sites is 1. The van der Waals surface area contributed by atoms with Gasteiger partial charge in [-0.05, 0) is 36.9 Å². The summed E-state index contributed by atoms with van der Waals surface area (Å²) < 4.78 is 27.7. The molecule has 4 rings (SSSR count). The number of hydrogen-bond donors (Lipinski definition) is 0. The topological polar surface area (TPSA) is 43.9 Å². The molecule has 5 nitrogen and oxygen atoms in total. The Kier molecular flexibility index (Phi) is 4.68. The van der Waals surface area contributed by atoms with Gasteiger partial charge in [-0.25, -0.2) is 13.7 Å². The summed E-state index contributed by atoms with van der Waals surface area (Å²) in [6.45, 7) is 2.62. The Balaban J connectivity index is 1.82. The van der Waals surface area contributed by atoms with Crippen LogP contribution in [-0.4, -0.2) is 54.8 Å². The first-order valence-electron chi connectivity index (χ1n) is 9.04. The lowest BCUT2D eigenvalue weighted by Gasteiger charge is -2.34. The van der Waals surface area contributed by atoms with Crippen LogP contribution in [0.2, 0.25) is 0 Å². The third kappa shape index (κ3) is 3.07. The van der Waals surface area contributed by atoms with Crippen molar-refractivity contribution >= 4 is 23.1 Å². The van der Waals surface area contributed by atoms with E-state index in [1.54, 1.807) is 6.07 Å². The number of piperazine rings is 1. The van der Waals surface area contributed by atoms with Gasteiger partial charge in [-0.3, -0.25) is 9.59 Å². The number of carbonyl (C=O) groups is 2. The highest BCUT2D eigenvalue weighted by Gasteiger charge is 2.43. The lowest BCUT2D eigenvalue weighted by molar-refractivity contribution is -0.120. The van der Waals surface area contributed by atoms with Gasteiger partial charge in [-0.15, -0.1) is 0 Å². The molecular formula is C21H19F2N3O2. The van der Waals surface area contributed by atoms with Crippen LogP contribution in [0, 0.1) is 11.6 Å². The summed E-state index contributed by atoms with van der Waals surface area (Å²) in [5.41, 5.74) is 0.777. The van der Waals surface area contributed by atoms with E-state index in [2.05, 4.69) is 4.90 Å². The first kappa shape index (κ1) is 18.3. The quantitative estimate of drug-likeness (QED) is 0.764. The van der Waals surface area contributed by atoms with E-state index < -0.39 is 23.4 Å². The minimum absolute atomic E-state index is 0.0822. The van der Waals surface area contributed by atoms with Gasteiger partial charge in [0.05, 0.1) is 11.3 Å². The number of hydrogen-bond acceptors (Lipinski definition) is 4. The van der Waals surface area contributed by atoms with Crippen LogP contribution in [0.1, 0.15) is 5.56 Å². The van der Waals surface area contributed by atoms with Crippen molar-refractivity contribution in [2.45, 2.75) is 0 Å². The molecule has 0 atom stereocenters. The largest absolute Gasteiger partial charge is 0.364 e. The number of nitrogens with zero attached hydrogens (tertiary/aromatic N) is 3. The third-order valence-corrected chi connectivity index (χ3v) is 5.11. The molecule has 2 heterocycles. The fourth-order valence-electron chi connectivity index (χ4n) is 3.57. The molecule has 1 fully saturated rings. The Morgan fingerprint density at radius 3 is 2.11 bits per heavy atom. The van der Waals surface area contributed by atoms with E-state index in [0.29, 0.717) is 18.7 Å². The predicted octanol–water partition coefficient (Wildman–Crippen LogP) is 2.50. The van der Waals surface area contributed by atoms with Crippen molar-refractivity contribution in [3.8, 4) is 0 Å². The highest BCUT2D eigenvalue weighted by Crippen LogP contribution is 2.36. The van der Waals surface area contributed by atoms with E-state index in [0.717, 1.165) is 18.0 Å².